The van der Waals surface area contributed by atoms with Crippen LogP contribution >= 0.6 is 0 Å². The first kappa shape index (κ1) is 21.7. The minimum absolute atomic E-state index is 0.0565. The van der Waals surface area contributed by atoms with Gasteiger partial charge in [0, 0.05) is 11.9 Å². The maximum absolute atomic E-state index is 13.7. The number of aromatic nitrogens is 2. The maximum Gasteiger partial charge on any atom is 0.272 e. The van der Waals surface area contributed by atoms with Crippen LogP contribution in [0.4, 0.5) is 0 Å². The molecule has 172 valence electrons. The van der Waals surface area contributed by atoms with Crippen molar-refractivity contribution in [3.05, 3.63) is 99.5 Å². The molecule has 1 aliphatic rings. The van der Waals surface area contributed by atoms with Gasteiger partial charge in [-0.2, -0.15) is 5.10 Å². The molecule has 0 radical (unpaired) electrons. The van der Waals surface area contributed by atoms with Crippen LogP contribution in [0.3, 0.4) is 0 Å². The lowest BCUT2D eigenvalue weighted by atomic mass is 9.87. The van der Waals surface area contributed by atoms with E-state index < -0.39 is 0 Å². The van der Waals surface area contributed by atoms with E-state index in [1.165, 1.54) is 0 Å². The summed E-state index contributed by atoms with van der Waals surface area (Å²) in [5.41, 5.74) is 3.46. The third kappa shape index (κ3) is 3.79. The summed E-state index contributed by atoms with van der Waals surface area (Å²) in [5, 5.41) is 7.97. The van der Waals surface area contributed by atoms with Crippen LogP contribution in [0, 0.1) is 0 Å². The van der Waals surface area contributed by atoms with Gasteiger partial charge >= 0.3 is 0 Å². The molecule has 7 heteroatoms. The molecule has 0 saturated carbocycles. The van der Waals surface area contributed by atoms with Crippen LogP contribution in [0.1, 0.15) is 28.4 Å². The molecule has 1 aromatic heterocycles. The zero-order valence-electron chi connectivity index (χ0n) is 19.1. The summed E-state index contributed by atoms with van der Waals surface area (Å²) in [6.07, 6.45) is 0.786. The lowest BCUT2D eigenvalue weighted by Gasteiger charge is -2.38. The number of aromatic amines is 1. The Hall–Kier alpha value is -4.13. The van der Waals surface area contributed by atoms with Gasteiger partial charge in [-0.3, -0.25) is 9.59 Å². The van der Waals surface area contributed by atoms with Gasteiger partial charge in [0.05, 0.1) is 37.8 Å². The van der Waals surface area contributed by atoms with Gasteiger partial charge in [-0.1, -0.05) is 48.5 Å². The molecular weight excluding hydrogens is 430 g/mol. The van der Waals surface area contributed by atoms with E-state index >= 15 is 0 Å². The molecule has 1 N–H and O–H groups in total. The summed E-state index contributed by atoms with van der Waals surface area (Å²) in [7, 11) is 3.24. The number of carbonyl (C=O) groups excluding carboxylic acids is 1. The van der Waals surface area contributed by atoms with E-state index in [0.29, 0.717) is 40.9 Å². The number of nitrogens with one attached hydrogen (secondary N) is 1. The van der Waals surface area contributed by atoms with Gasteiger partial charge in [0.15, 0.2) is 11.5 Å². The van der Waals surface area contributed by atoms with E-state index in [-0.39, 0.29) is 23.9 Å². The lowest BCUT2D eigenvalue weighted by molar-refractivity contribution is -0.132. The van der Waals surface area contributed by atoms with Crippen LogP contribution in [-0.2, 0) is 17.6 Å². The number of hydrogen-bond acceptors (Lipinski definition) is 5. The largest absolute Gasteiger partial charge is 0.493 e. The van der Waals surface area contributed by atoms with E-state index in [4.69, 9.17) is 9.47 Å². The Bertz CT molecular complexity index is 1410. The fourth-order valence-corrected chi connectivity index (χ4v) is 4.76. The molecule has 0 bridgehead atoms. The summed E-state index contributed by atoms with van der Waals surface area (Å²) in [6, 6.07) is 20.9. The molecule has 4 aromatic rings. The molecule has 7 nitrogen and oxygen atoms in total. The fraction of sp³-hybridized carbons (Fsp3) is 0.222. The SMILES string of the molecule is COc1cc2c(cc1OC)C(c1ccccc1)N(C(=O)Cc1n[nH]c(=O)c3ccccc13)CC2. The molecule has 0 saturated heterocycles. The zero-order chi connectivity index (χ0) is 23.7. The Morgan fingerprint density at radius 3 is 2.41 bits per heavy atom. The number of ether oxygens (including phenoxy) is 2. The molecule has 0 fully saturated rings. The zero-order valence-corrected chi connectivity index (χ0v) is 19.1. The average Bonchev–Trinajstić information content (AvgIpc) is 2.89. The standard InChI is InChI=1S/C27H25N3O4/c1-33-23-14-18-12-13-30(26(17-8-4-3-5-9-17)21(18)15-24(23)34-2)25(31)16-22-19-10-6-7-11-20(19)27(32)29-28-22/h3-11,14-15,26H,12-13,16H2,1-2H3,(H,29,32). The summed E-state index contributed by atoms with van der Waals surface area (Å²) < 4.78 is 11.1. The van der Waals surface area contributed by atoms with E-state index in [1.807, 2.05) is 59.5 Å². The lowest BCUT2D eigenvalue weighted by Crippen LogP contribution is -2.41. The first-order valence-corrected chi connectivity index (χ1v) is 11.2. The Kier molecular flexibility index (Phi) is 5.76. The van der Waals surface area contributed by atoms with Crippen LogP contribution in [0.5, 0.6) is 11.5 Å². The van der Waals surface area contributed by atoms with Gasteiger partial charge < -0.3 is 14.4 Å². The Labute approximate surface area is 196 Å². The number of nitrogens with zero attached hydrogens (tertiary/aromatic N) is 2. The second kappa shape index (κ2) is 9.02. The van der Waals surface area contributed by atoms with Crippen LogP contribution < -0.4 is 15.0 Å². The van der Waals surface area contributed by atoms with Crippen molar-refractivity contribution in [2.75, 3.05) is 20.8 Å². The van der Waals surface area contributed by atoms with Crippen molar-refractivity contribution in [1.29, 1.82) is 0 Å². The maximum atomic E-state index is 13.7. The summed E-state index contributed by atoms with van der Waals surface area (Å²) in [5.74, 6) is 1.25. The summed E-state index contributed by atoms with van der Waals surface area (Å²) in [6.45, 7) is 0.558. The second-order valence-electron chi connectivity index (χ2n) is 8.28. The summed E-state index contributed by atoms with van der Waals surface area (Å²) >= 11 is 0. The van der Waals surface area contributed by atoms with Gasteiger partial charge in [-0.05, 0) is 41.3 Å². The number of hydrogen-bond donors (Lipinski definition) is 1. The predicted molar refractivity (Wildman–Crippen MR) is 129 cm³/mol. The quantitative estimate of drug-likeness (QED) is 0.497. The molecular formula is C27H25N3O4. The highest BCUT2D eigenvalue weighted by Gasteiger charge is 2.33. The molecule has 5 rings (SSSR count). The summed E-state index contributed by atoms with van der Waals surface area (Å²) in [4.78, 5) is 27.8. The van der Waals surface area contributed by atoms with Crippen LogP contribution in [0.2, 0.25) is 0 Å². The van der Waals surface area contributed by atoms with Crippen molar-refractivity contribution in [2.45, 2.75) is 18.9 Å². The Morgan fingerprint density at radius 1 is 1.00 bits per heavy atom. The van der Waals surface area contributed by atoms with Crippen molar-refractivity contribution < 1.29 is 14.3 Å². The van der Waals surface area contributed by atoms with Crippen molar-refractivity contribution in [3.63, 3.8) is 0 Å². The van der Waals surface area contributed by atoms with Gasteiger partial charge in [-0.15, -0.1) is 0 Å². The number of rotatable bonds is 5. The predicted octanol–water partition coefficient (Wildman–Crippen LogP) is 3.66. The van der Waals surface area contributed by atoms with Crippen molar-refractivity contribution in [3.8, 4) is 11.5 Å². The van der Waals surface area contributed by atoms with Crippen LogP contribution in [0.15, 0.2) is 71.5 Å². The monoisotopic (exact) mass is 455 g/mol. The van der Waals surface area contributed by atoms with Gasteiger partial charge in [0.1, 0.15) is 0 Å². The topological polar surface area (TPSA) is 84.5 Å². The molecule has 0 spiro atoms. The number of carbonyl (C=O) groups is 1. The number of fused-ring (bicyclic) bond motifs is 2. The number of H-pyrrole nitrogens is 1. The van der Waals surface area contributed by atoms with Crippen LogP contribution in [0.25, 0.3) is 10.8 Å². The molecule has 1 atom stereocenters. The van der Waals surface area contributed by atoms with Gasteiger partial charge in [-0.25, -0.2) is 5.10 Å². The van der Waals surface area contributed by atoms with E-state index in [0.717, 1.165) is 16.7 Å². The van der Waals surface area contributed by atoms with Gasteiger partial charge in [0.25, 0.3) is 5.56 Å². The molecule has 34 heavy (non-hydrogen) atoms. The van der Waals surface area contributed by atoms with Crippen LogP contribution in [-0.4, -0.2) is 41.8 Å². The molecule has 1 unspecified atom stereocenters. The van der Waals surface area contributed by atoms with Gasteiger partial charge in [0.2, 0.25) is 5.91 Å². The first-order chi connectivity index (χ1) is 16.6. The molecule has 1 aliphatic heterocycles. The molecule has 1 amide bonds. The minimum atomic E-state index is -0.272. The normalized spacial score (nSPS) is 15.1. The van der Waals surface area contributed by atoms with E-state index in [1.54, 1.807) is 26.4 Å². The van der Waals surface area contributed by atoms with Crippen molar-refractivity contribution >= 4 is 16.7 Å². The van der Waals surface area contributed by atoms with E-state index in [9.17, 15) is 9.59 Å². The third-order valence-electron chi connectivity index (χ3n) is 6.40. The molecule has 2 heterocycles. The number of benzene rings is 3. The van der Waals surface area contributed by atoms with Crippen molar-refractivity contribution in [2.24, 2.45) is 0 Å². The highest BCUT2D eigenvalue weighted by Crippen LogP contribution is 2.41. The number of methoxy groups -OCH3 is 2. The third-order valence-corrected chi connectivity index (χ3v) is 6.40. The first-order valence-electron chi connectivity index (χ1n) is 11.2. The fourth-order valence-electron chi connectivity index (χ4n) is 4.76. The second-order valence-corrected chi connectivity index (χ2v) is 8.28. The average molecular weight is 456 g/mol. The van der Waals surface area contributed by atoms with E-state index in [2.05, 4.69) is 10.2 Å². The van der Waals surface area contributed by atoms with Crippen molar-refractivity contribution in [1.82, 2.24) is 15.1 Å². The molecule has 0 aliphatic carbocycles. The number of amides is 1. The Balaban J connectivity index is 1.57. The Morgan fingerprint density at radius 2 is 1.68 bits per heavy atom. The smallest absolute Gasteiger partial charge is 0.272 e. The highest BCUT2D eigenvalue weighted by atomic mass is 16.5. The highest BCUT2D eigenvalue weighted by molar-refractivity contribution is 5.88. The molecule has 3 aromatic carbocycles. The minimum Gasteiger partial charge on any atom is -0.493 e.